The predicted molar refractivity (Wildman–Crippen MR) is 146 cm³/mol. The van der Waals surface area contributed by atoms with E-state index in [2.05, 4.69) is 35.7 Å². The van der Waals surface area contributed by atoms with Crippen molar-refractivity contribution in [3.63, 3.8) is 0 Å². The molecule has 2 heterocycles. The number of rotatable bonds is 9. The Hall–Kier alpha value is -4.21. The van der Waals surface area contributed by atoms with Crippen LogP contribution < -0.4 is 20.4 Å². The van der Waals surface area contributed by atoms with Gasteiger partial charge in [0, 0.05) is 29.4 Å². The largest absolute Gasteiger partial charge is 0.489 e. The molecule has 2 N–H and O–H groups in total. The molecule has 1 aliphatic rings. The van der Waals surface area contributed by atoms with Crippen LogP contribution in [0.25, 0.3) is 0 Å². The van der Waals surface area contributed by atoms with Gasteiger partial charge in [-0.2, -0.15) is 20.1 Å². The molecule has 1 aliphatic heterocycles. The summed E-state index contributed by atoms with van der Waals surface area (Å²) in [7, 11) is 0. The van der Waals surface area contributed by atoms with E-state index in [9.17, 15) is 0 Å². The lowest BCUT2D eigenvalue weighted by Crippen LogP contribution is -2.37. The van der Waals surface area contributed by atoms with Crippen LogP contribution in [-0.2, 0) is 11.3 Å². The fourth-order valence-corrected chi connectivity index (χ4v) is 3.81. The first-order valence-corrected chi connectivity index (χ1v) is 12.3. The Kier molecular flexibility index (Phi) is 8.04. The van der Waals surface area contributed by atoms with Gasteiger partial charge in [-0.3, -0.25) is 0 Å². The van der Waals surface area contributed by atoms with Gasteiger partial charge in [0.05, 0.1) is 19.4 Å². The Morgan fingerprint density at radius 3 is 2.41 bits per heavy atom. The molecule has 0 amide bonds. The zero-order chi connectivity index (χ0) is 25.3. The summed E-state index contributed by atoms with van der Waals surface area (Å²) in [6.45, 7) is 3.09. The van der Waals surface area contributed by atoms with Crippen molar-refractivity contribution in [1.82, 2.24) is 15.0 Å². The first-order chi connectivity index (χ1) is 18.2. The van der Waals surface area contributed by atoms with Crippen LogP contribution in [-0.4, -0.2) is 47.5 Å². The molecule has 0 unspecified atom stereocenters. The molecule has 1 fully saturated rings. The summed E-state index contributed by atoms with van der Waals surface area (Å²) in [6.07, 6.45) is 1.69. The fraction of sp³-hybridized carbons (Fsp3) is 0.185. The maximum atomic E-state index is 6.20. The van der Waals surface area contributed by atoms with Gasteiger partial charge in [-0.1, -0.05) is 48.0 Å². The number of halogens is 1. The Bertz CT molecular complexity index is 1330. The highest BCUT2D eigenvalue weighted by molar-refractivity contribution is 6.31. The van der Waals surface area contributed by atoms with Crippen LogP contribution in [0.15, 0.2) is 84.0 Å². The van der Waals surface area contributed by atoms with E-state index in [1.54, 1.807) is 6.21 Å². The van der Waals surface area contributed by atoms with Crippen LogP contribution in [0.4, 0.5) is 23.5 Å². The van der Waals surface area contributed by atoms with Crippen LogP contribution in [0.3, 0.4) is 0 Å². The molecule has 5 rings (SSSR count). The number of anilines is 4. The standard InChI is InChI=1S/C27H26ClN7O2/c28-24-9-5-4-6-21(24)19-37-23-12-10-20(11-13-23)18-29-34-26-31-25(30-22-7-2-1-3-8-22)32-27(33-26)35-14-16-36-17-15-35/h1-13,18H,14-17,19H2,(H2,30,31,32,33,34)/b29-18+. The molecular weight excluding hydrogens is 490 g/mol. The van der Waals surface area contributed by atoms with E-state index < -0.39 is 0 Å². The van der Waals surface area contributed by atoms with Gasteiger partial charge in [-0.05, 0) is 48.0 Å². The van der Waals surface area contributed by atoms with E-state index in [4.69, 9.17) is 21.1 Å². The van der Waals surface area contributed by atoms with Crippen LogP contribution in [0.2, 0.25) is 5.02 Å². The van der Waals surface area contributed by atoms with E-state index in [0.29, 0.717) is 55.8 Å². The van der Waals surface area contributed by atoms with E-state index in [-0.39, 0.29) is 0 Å². The number of ether oxygens (including phenoxy) is 2. The lowest BCUT2D eigenvalue weighted by molar-refractivity contribution is 0.122. The second-order valence-corrected chi connectivity index (χ2v) is 8.60. The van der Waals surface area contributed by atoms with Crippen molar-refractivity contribution in [2.45, 2.75) is 6.61 Å². The van der Waals surface area contributed by atoms with Crippen molar-refractivity contribution in [2.75, 3.05) is 41.9 Å². The molecule has 10 heteroatoms. The molecule has 0 spiro atoms. The fourth-order valence-electron chi connectivity index (χ4n) is 3.62. The smallest absolute Gasteiger partial charge is 0.250 e. The summed E-state index contributed by atoms with van der Waals surface area (Å²) < 4.78 is 11.3. The number of para-hydroxylation sites is 1. The number of hydrazone groups is 1. The zero-order valence-corrected chi connectivity index (χ0v) is 20.8. The maximum Gasteiger partial charge on any atom is 0.250 e. The molecule has 1 saturated heterocycles. The van der Waals surface area contributed by atoms with Crippen LogP contribution in [0.1, 0.15) is 11.1 Å². The van der Waals surface area contributed by atoms with Crippen LogP contribution in [0, 0.1) is 0 Å². The van der Waals surface area contributed by atoms with Gasteiger partial charge in [-0.25, -0.2) is 5.43 Å². The zero-order valence-electron chi connectivity index (χ0n) is 20.0. The number of hydrogen-bond donors (Lipinski definition) is 2. The minimum atomic E-state index is 0.339. The SMILES string of the molecule is Clc1ccccc1COc1ccc(/C=N/Nc2nc(Nc3ccccc3)nc(N3CCOCC3)n2)cc1. The average molecular weight is 516 g/mol. The quantitative estimate of drug-likeness (QED) is 0.234. The van der Waals surface area contributed by atoms with Gasteiger partial charge in [0.1, 0.15) is 12.4 Å². The van der Waals surface area contributed by atoms with E-state index >= 15 is 0 Å². The van der Waals surface area contributed by atoms with Crippen LogP contribution in [0.5, 0.6) is 5.75 Å². The van der Waals surface area contributed by atoms with Crippen molar-refractivity contribution in [3.05, 3.63) is 95.0 Å². The molecule has 188 valence electrons. The maximum absolute atomic E-state index is 6.20. The first kappa shape index (κ1) is 24.5. The number of nitrogens with one attached hydrogen (secondary N) is 2. The van der Waals surface area contributed by atoms with Gasteiger partial charge < -0.3 is 19.7 Å². The third kappa shape index (κ3) is 6.93. The lowest BCUT2D eigenvalue weighted by Gasteiger charge is -2.27. The highest BCUT2D eigenvalue weighted by atomic mass is 35.5. The van der Waals surface area contributed by atoms with Crippen LogP contribution >= 0.6 is 11.6 Å². The van der Waals surface area contributed by atoms with Gasteiger partial charge in [0.25, 0.3) is 0 Å². The number of nitrogens with zero attached hydrogens (tertiary/aromatic N) is 5. The van der Waals surface area contributed by atoms with Crippen molar-refractivity contribution in [1.29, 1.82) is 0 Å². The summed E-state index contributed by atoms with van der Waals surface area (Å²) in [5.41, 5.74) is 5.64. The normalized spacial score (nSPS) is 13.5. The molecule has 9 nitrogen and oxygen atoms in total. The molecule has 4 aromatic rings. The Morgan fingerprint density at radius 1 is 0.892 bits per heavy atom. The summed E-state index contributed by atoms with van der Waals surface area (Å²) in [4.78, 5) is 15.7. The van der Waals surface area contributed by atoms with Crippen molar-refractivity contribution < 1.29 is 9.47 Å². The number of aromatic nitrogens is 3. The Morgan fingerprint density at radius 2 is 1.62 bits per heavy atom. The summed E-state index contributed by atoms with van der Waals surface area (Å²) in [5, 5.41) is 8.24. The molecule has 0 radical (unpaired) electrons. The van der Waals surface area contributed by atoms with E-state index in [1.807, 2.05) is 78.9 Å². The second-order valence-electron chi connectivity index (χ2n) is 8.19. The molecular formula is C27H26ClN7O2. The minimum Gasteiger partial charge on any atom is -0.489 e. The van der Waals surface area contributed by atoms with Gasteiger partial charge in [0.2, 0.25) is 17.8 Å². The van der Waals surface area contributed by atoms with Crippen molar-refractivity contribution in [2.24, 2.45) is 5.10 Å². The highest BCUT2D eigenvalue weighted by Crippen LogP contribution is 2.20. The third-order valence-electron chi connectivity index (χ3n) is 5.56. The molecule has 0 saturated carbocycles. The van der Waals surface area contributed by atoms with Crippen molar-refractivity contribution in [3.8, 4) is 5.75 Å². The lowest BCUT2D eigenvalue weighted by atomic mass is 10.2. The molecule has 1 aromatic heterocycles. The van der Waals surface area contributed by atoms with Gasteiger partial charge in [-0.15, -0.1) is 0 Å². The molecule has 0 bridgehead atoms. The first-order valence-electron chi connectivity index (χ1n) is 11.9. The summed E-state index contributed by atoms with van der Waals surface area (Å²) in [5.74, 6) is 2.08. The Labute approximate surface area is 220 Å². The Balaban J connectivity index is 1.25. The van der Waals surface area contributed by atoms with E-state index in [1.165, 1.54) is 0 Å². The summed E-state index contributed by atoms with van der Waals surface area (Å²) >= 11 is 6.20. The third-order valence-corrected chi connectivity index (χ3v) is 5.93. The molecule has 3 aromatic carbocycles. The molecule has 37 heavy (non-hydrogen) atoms. The molecule has 0 atom stereocenters. The average Bonchev–Trinajstić information content (AvgIpc) is 2.94. The number of benzene rings is 3. The monoisotopic (exact) mass is 515 g/mol. The topological polar surface area (TPSA) is 96.8 Å². The minimum absolute atomic E-state index is 0.339. The number of morpholine rings is 1. The number of hydrogen-bond acceptors (Lipinski definition) is 9. The second kappa shape index (κ2) is 12.2. The van der Waals surface area contributed by atoms with Gasteiger partial charge in [0.15, 0.2) is 0 Å². The van der Waals surface area contributed by atoms with E-state index in [0.717, 1.165) is 22.6 Å². The predicted octanol–water partition coefficient (Wildman–Crippen LogP) is 5.13. The highest BCUT2D eigenvalue weighted by Gasteiger charge is 2.16. The van der Waals surface area contributed by atoms with Gasteiger partial charge >= 0.3 is 0 Å². The van der Waals surface area contributed by atoms with Crippen molar-refractivity contribution >= 4 is 41.3 Å². The molecule has 0 aliphatic carbocycles. The summed E-state index contributed by atoms with van der Waals surface area (Å²) in [6, 6.07) is 25.0.